The Hall–Kier alpha value is -0.610. The first kappa shape index (κ1) is 8.01. The van der Waals surface area contributed by atoms with Gasteiger partial charge < -0.3 is 10.4 Å². The Balaban J connectivity index is 2.26. The summed E-state index contributed by atoms with van der Waals surface area (Å²) in [6.45, 7) is 1.47. The number of carbonyl (C=O) groups is 1. The number of nitrogens with zero attached hydrogens (tertiary/aromatic N) is 1. The standard InChI is InChI=1S/C8H14N2O2/c1-10-4-6-2-3-8(10,5-9-6)7(11)12/h6,9H,2-5H2,1H3,(H,11,12). The summed E-state index contributed by atoms with van der Waals surface area (Å²) >= 11 is 0. The molecule has 2 bridgehead atoms. The average Bonchev–Trinajstić information content (AvgIpc) is 2.05. The minimum atomic E-state index is -0.685. The molecule has 0 radical (unpaired) electrons. The van der Waals surface area contributed by atoms with Crippen LogP contribution in [0.1, 0.15) is 12.8 Å². The number of hydrogen-bond donors (Lipinski definition) is 2. The van der Waals surface area contributed by atoms with Gasteiger partial charge in [0.15, 0.2) is 0 Å². The summed E-state index contributed by atoms with van der Waals surface area (Å²) in [7, 11) is 1.90. The summed E-state index contributed by atoms with van der Waals surface area (Å²) in [5.74, 6) is -0.685. The number of piperazine rings is 1. The summed E-state index contributed by atoms with van der Waals surface area (Å²) in [4.78, 5) is 13.0. The third-order valence-electron chi connectivity index (χ3n) is 3.21. The Morgan fingerprint density at radius 3 is 2.83 bits per heavy atom. The van der Waals surface area contributed by atoms with Crippen molar-refractivity contribution in [2.24, 2.45) is 0 Å². The highest BCUT2D eigenvalue weighted by atomic mass is 16.4. The Labute approximate surface area is 71.5 Å². The molecule has 0 aromatic rings. The van der Waals surface area contributed by atoms with E-state index in [1.807, 2.05) is 11.9 Å². The molecule has 3 rings (SSSR count). The zero-order valence-electron chi connectivity index (χ0n) is 7.21. The maximum atomic E-state index is 11.1. The summed E-state index contributed by atoms with van der Waals surface area (Å²) in [6, 6.07) is 0.510. The molecule has 0 saturated carbocycles. The SMILES string of the molecule is CN1CC2CCC1(C(=O)O)CN2. The van der Waals surface area contributed by atoms with Crippen molar-refractivity contribution in [3.63, 3.8) is 0 Å². The van der Waals surface area contributed by atoms with Crippen LogP contribution in [0.2, 0.25) is 0 Å². The van der Waals surface area contributed by atoms with E-state index in [4.69, 9.17) is 5.11 Å². The maximum absolute atomic E-state index is 11.1. The molecule has 3 aliphatic rings. The lowest BCUT2D eigenvalue weighted by molar-refractivity contribution is -0.156. The van der Waals surface area contributed by atoms with Gasteiger partial charge >= 0.3 is 5.97 Å². The van der Waals surface area contributed by atoms with Crippen LogP contribution in [0.4, 0.5) is 0 Å². The van der Waals surface area contributed by atoms with Gasteiger partial charge in [-0.05, 0) is 19.9 Å². The molecule has 0 amide bonds. The second kappa shape index (κ2) is 2.44. The molecule has 4 nitrogen and oxygen atoms in total. The first-order chi connectivity index (χ1) is 5.65. The van der Waals surface area contributed by atoms with Gasteiger partial charge in [0.05, 0.1) is 0 Å². The number of piperidine rings is 2. The van der Waals surface area contributed by atoms with Crippen molar-refractivity contribution in [1.29, 1.82) is 0 Å². The molecule has 3 heterocycles. The van der Waals surface area contributed by atoms with Gasteiger partial charge in [0.1, 0.15) is 5.54 Å². The molecule has 0 aromatic carbocycles. The second-order valence-electron chi connectivity index (χ2n) is 3.83. The number of nitrogens with one attached hydrogen (secondary N) is 1. The molecule has 0 spiro atoms. The zero-order valence-corrected chi connectivity index (χ0v) is 7.21. The quantitative estimate of drug-likeness (QED) is 0.557. The van der Waals surface area contributed by atoms with Crippen LogP contribution in [-0.4, -0.2) is 47.7 Å². The van der Waals surface area contributed by atoms with E-state index < -0.39 is 11.5 Å². The average molecular weight is 170 g/mol. The fraction of sp³-hybridized carbons (Fsp3) is 0.875. The monoisotopic (exact) mass is 170 g/mol. The molecular weight excluding hydrogens is 156 g/mol. The minimum Gasteiger partial charge on any atom is -0.480 e. The van der Waals surface area contributed by atoms with E-state index in [1.165, 1.54) is 0 Å². The topological polar surface area (TPSA) is 52.6 Å². The molecule has 0 aromatic heterocycles. The molecular formula is C8H14N2O2. The number of rotatable bonds is 1. The van der Waals surface area contributed by atoms with Gasteiger partial charge in [-0.15, -0.1) is 0 Å². The molecule has 3 aliphatic heterocycles. The smallest absolute Gasteiger partial charge is 0.325 e. The van der Waals surface area contributed by atoms with E-state index in [1.54, 1.807) is 0 Å². The zero-order chi connectivity index (χ0) is 8.77. The molecule has 2 N–H and O–H groups in total. The third-order valence-corrected chi connectivity index (χ3v) is 3.21. The van der Waals surface area contributed by atoms with Gasteiger partial charge in [0, 0.05) is 19.1 Å². The summed E-state index contributed by atoms with van der Waals surface area (Å²) in [6.07, 6.45) is 1.78. The van der Waals surface area contributed by atoms with Crippen molar-refractivity contribution in [3.8, 4) is 0 Å². The summed E-state index contributed by atoms with van der Waals surface area (Å²) in [5, 5.41) is 12.4. The Morgan fingerprint density at radius 1 is 1.75 bits per heavy atom. The molecule has 2 atom stereocenters. The molecule has 3 fully saturated rings. The van der Waals surface area contributed by atoms with Crippen LogP contribution >= 0.6 is 0 Å². The van der Waals surface area contributed by atoms with Crippen molar-refractivity contribution in [3.05, 3.63) is 0 Å². The first-order valence-corrected chi connectivity index (χ1v) is 4.33. The van der Waals surface area contributed by atoms with E-state index in [-0.39, 0.29) is 0 Å². The van der Waals surface area contributed by atoms with Gasteiger partial charge in [0.25, 0.3) is 0 Å². The molecule has 3 saturated heterocycles. The fourth-order valence-electron chi connectivity index (χ4n) is 2.25. The Bertz CT molecular complexity index is 209. The van der Waals surface area contributed by atoms with Crippen molar-refractivity contribution in [1.82, 2.24) is 10.2 Å². The van der Waals surface area contributed by atoms with E-state index in [0.717, 1.165) is 19.4 Å². The molecule has 12 heavy (non-hydrogen) atoms. The van der Waals surface area contributed by atoms with Gasteiger partial charge in [-0.3, -0.25) is 9.69 Å². The fourth-order valence-corrected chi connectivity index (χ4v) is 2.25. The predicted octanol–water partition coefficient (Wildman–Crippen LogP) is -0.493. The van der Waals surface area contributed by atoms with Crippen LogP contribution in [0.25, 0.3) is 0 Å². The normalized spacial score (nSPS) is 41.6. The molecule has 0 aliphatic carbocycles. The van der Waals surface area contributed by atoms with E-state index in [0.29, 0.717) is 12.6 Å². The summed E-state index contributed by atoms with van der Waals surface area (Å²) in [5.41, 5.74) is -0.616. The van der Waals surface area contributed by atoms with E-state index >= 15 is 0 Å². The number of hydrogen-bond acceptors (Lipinski definition) is 3. The van der Waals surface area contributed by atoms with Crippen LogP contribution < -0.4 is 5.32 Å². The van der Waals surface area contributed by atoms with Gasteiger partial charge in [-0.1, -0.05) is 0 Å². The Kier molecular flexibility index (Phi) is 1.63. The largest absolute Gasteiger partial charge is 0.480 e. The molecule has 4 heteroatoms. The Morgan fingerprint density at radius 2 is 2.50 bits per heavy atom. The highest BCUT2D eigenvalue weighted by molar-refractivity contribution is 5.79. The lowest BCUT2D eigenvalue weighted by Gasteiger charge is -2.50. The third kappa shape index (κ3) is 0.881. The van der Waals surface area contributed by atoms with E-state index in [2.05, 4.69) is 5.32 Å². The number of carboxylic acids is 1. The molecule has 68 valence electrons. The van der Waals surface area contributed by atoms with Gasteiger partial charge in [-0.25, -0.2) is 0 Å². The van der Waals surface area contributed by atoms with Crippen LogP contribution in [0.15, 0.2) is 0 Å². The highest BCUT2D eigenvalue weighted by Crippen LogP contribution is 2.31. The summed E-state index contributed by atoms with van der Waals surface area (Å²) < 4.78 is 0. The van der Waals surface area contributed by atoms with Crippen molar-refractivity contribution in [2.45, 2.75) is 24.4 Å². The lowest BCUT2D eigenvalue weighted by atomic mass is 9.81. The van der Waals surface area contributed by atoms with Crippen LogP contribution in [0.3, 0.4) is 0 Å². The van der Waals surface area contributed by atoms with E-state index in [9.17, 15) is 4.79 Å². The van der Waals surface area contributed by atoms with Crippen molar-refractivity contribution in [2.75, 3.05) is 20.1 Å². The minimum absolute atomic E-state index is 0.510. The second-order valence-corrected chi connectivity index (χ2v) is 3.83. The predicted molar refractivity (Wildman–Crippen MR) is 44.0 cm³/mol. The van der Waals surface area contributed by atoms with Gasteiger partial charge in [0.2, 0.25) is 0 Å². The van der Waals surface area contributed by atoms with Crippen LogP contribution in [0, 0.1) is 0 Å². The maximum Gasteiger partial charge on any atom is 0.325 e. The number of aliphatic carboxylic acids is 1. The number of carboxylic acid groups (broad SMARTS) is 1. The highest BCUT2D eigenvalue weighted by Gasteiger charge is 2.49. The lowest BCUT2D eigenvalue weighted by Crippen LogP contribution is -2.70. The van der Waals surface area contributed by atoms with Crippen molar-refractivity contribution < 1.29 is 9.90 Å². The van der Waals surface area contributed by atoms with Crippen LogP contribution in [-0.2, 0) is 4.79 Å². The first-order valence-electron chi connectivity index (χ1n) is 4.33. The molecule has 2 unspecified atom stereocenters. The number of fused-ring (bicyclic) bond motifs is 3. The van der Waals surface area contributed by atoms with Crippen LogP contribution in [0.5, 0.6) is 0 Å². The van der Waals surface area contributed by atoms with Crippen molar-refractivity contribution >= 4 is 5.97 Å². The number of likely N-dealkylation sites (N-methyl/N-ethyl adjacent to an activating group) is 1. The van der Waals surface area contributed by atoms with Gasteiger partial charge in [-0.2, -0.15) is 0 Å².